The van der Waals surface area contributed by atoms with Crippen LogP contribution in [-0.2, 0) is 13.0 Å². The predicted molar refractivity (Wildman–Crippen MR) is 96.3 cm³/mol. The summed E-state index contributed by atoms with van der Waals surface area (Å²) in [5.74, 6) is 0.817. The van der Waals surface area contributed by atoms with Gasteiger partial charge in [-0.05, 0) is 35.2 Å². The van der Waals surface area contributed by atoms with Crippen molar-refractivity contribution < 1.29 is 4.74 Å². The number of aryl methyl sites for hydroxylation is 1. The summed E-state index contributed by atoms with van der Waals surface area (Å²) in [7, 11) is 0. The van der Waals surface area contributed by atoms with Gasteiger partial charge in [0.05, 0.1) is 5.69 Å². The van der Waals surface area contributed by atoms with E-state index in [9.17, 15) is 4.79 Å². The summed E-state index contributed by atoms with van der Waals surface area (Å²) in [6.07, 6.45) is 2.14. The van der Waals surface area contributed by atoms with Gasteiger partial charge in [-0.1, -0.05) is 49.7 Å². The summed E-state index contributed by atoms with van der Waals surface area (Å²) >= 11 is 0. The van der Waals surface area contributed by atoms with Gasteiger partial charge in [0.2, 0.25) is 5.56 Å². The summed E-state index contributed by atoms with van der Waals surface area (Å²) in [6, 6.07) is 18.0. The van der Waals surface area contributed by atoms with Gasteiger partial charge in [-0.3, -0.25) is 4.79 Å². The van der Waals surface area contributed by atoms with Crippen molar-refractivity contribution in [1.29, 1.82) is 0 Å². The van der Waals surface area contributed by atoms with Crippen LogP contribution in [0.5, 0.6) is 5.75 Å². The third-order valence-electron chi connectivity index (χ3n) is 4.46. The number of hydrogen-bond acceptors (Lipinski definition) is 2. The summed E-state index contributed by atoms with van der Waals surface area (Å²) in [5.41, 5.74) is 6.11. The number of fused-ring (bicyclic) bond motifs is 3. The summed E-state index contributed by atoms with van der Waals surface area (Å²) in [6.45, 7) is 2.64. The Morgan fingerprint density at radius 2 is 1.92 bits per heavy atom. The van der Waals surface area contributed by atoms with Crippen molar-refractivity contribution in [3.63, 3.8) is 0 Å². The molecule has 0 amide bonds. The van der Waals surface area contributed by atoms with Gasteiger partial charge in [-0.15, -0.1) is 0 Å². The van der Waals surface area contributed by atoms with E-state index < -0.39 is 0 Å². The molecule has 0 radical (unpaired) electrons. The largest absolute Gasteiger partial charge is 0.488 e. The molecule has 2 aromatic carbocycles. The fraction of sp³-hybridized carbons (Fsp3) is 0.190. The Balaban J connectivity index is 1.92. The van der Waals surface area contributed by atoms with Gasteiger partial charge >= 0.3 is 0 Å². The fourth-order valence-corrected chi connectivity index (χ4v) is 3.36. The molecule has 0 saturated heterocycles. The molecule has 1 N–H and O–H groups in total. The van der Waals surface area contributed by atoms with Crippen molar-refractivity contribution in [1.82, 2.24) is 4.98 Å². The molecule has 4 rings (SSSR count). The van der Waals surface area contributed by atoms with Crippen LogP contribution in [0.2, 0.25) is 0 Å². The van der Waals surface area contributed by atoms with Crippen molar-refractivity contribution in [2.24, 2.45) is 0 Å². The second kappa shape index (κ2) is 6.00. The highest BCUT2D eigenvalue weighted by molar-refractivity contribution is 5.80. The molecular formula is C21H19NO2. The molecule has 0 spiro atoms. The molecule has 3 nitrogen and oxygen atoms in total. The lowest BCUT2D eigenvalue weighted by atomic mass is 9.93. The Morgan fingerprint density at radius 3 is 2.79 bits per heavy atom. The van der Waals surface area contributed by atoms with Crippen LogP contribution >= 0.6 is 0 Å². The van der Waals surface area contributed by atoms with Gasteiger partial charge in [0.15, 0.2) is 0 Å². The second-order valence-corrected chi connectivity index (χ2v) is 6.14. The summed E-state index contributed by atoms with van der Waals surface area (Å²) < 4.78 is 5.91. The van der Waals surface area contributed by atoms with E-state index in [2.05, 4.69) is 36.2 Å². The number of aromatic amines is 1. The third kappa shape index (κ3) is 2.52. The monoisotopic (exact) mass is 317 g/mol. The second-order valence-electron chi connectivity index (χ2n) is 6.14. The Morgan fingerprint density at radius 1 is 1.04 bits per heavy atom. The molecule has 120 valence electrons. The highest BCUT2D eigenvalue weighted by Crippen LogP contribution is 2.39. The minimum absolute atomic E-state index is 0.0821. The number of hydrogen-bond donors (Lipinski definition) is 1. The Kier molecular flexibility index (Phi) is 3.69. The molecular weight excluding hydrogens is 298 g/mol. The molecule has 0 saturated carbocycles. The van der Waals surface area contributed by atoms with Crippen LogP contribution in [0.1, 0.15) is 24.5 Å². The molecule has 0 atom stereocenters. The lowest BCUT2D eigenvalue weighted by Crippen LogP contribution is -2.15. The zero-order chi connectivity index (χ0) is 16.5. The highest BCUT2D eigenvalue weighted by atomic mass is 16.5. The first-order chi connectivity index (χ1) is 11.8. The Bertz CT molecular complexity index is 956. The molecule has 0 unspecified atom stereocenters. The predicted octanol–water partition coefficient (Wildman–Crippen LogP) is 4.55. The molecule has 1 aromatic heterocycles. The molecule has 0 fully saturated rings. The maximum absolute atomic E-state index is 12.3. The minimum atomic E-state index is -0.0821. The zero-order valence-electron chi connectivity index (χ0n) is 13.6. The average Bonchev–Trinajstić information content (AvgIpc) is 2.61. The molecule has 3 aromatic rings. The number of pyridine rings is 1. The maximum Gasteiger partial charge on any atom is 0.249 e. The molecule has 0 bridgehead atoms. The van der Waals surface area contributed by atoms with Crippen molar-refractivity contribution in [3.8, 4) is 28.1 Å². The zero-order valence-corrected chi connectivity index (χ0v) is 13.6. The quantitative estimate of drug-likeness (QED) is 0.770. The van der Waals surface area contributed by atoms with Gasteiger partial charge in [0, 0.05) is 17.2 Å². The van der Waals surface area contributed by atoms with Crippen LogP contribution in [0, 0.1) is 0 Å². The van der Waals surface area contributed by atoms with Crippen molar-refractivity contribution >= 4 is 0 Å². The Hall–Kier alpha value is -2.81. The number of nitrogens with one attached hydrogen (secondary N) is 1. The molecule has 1 aliphatic heterocycles. The number of aromatic nitrogens is 1. The molecule has 3 heteroatoms. The van der Waals surface area contributed by atoms with Gasteiger partial charge in [0.25, 0.3) is 0 Å². The Labute approximate surface area is 140 Å². The standard InChI is InChI=1S/C21H19NO2/c1-2-6-14-7-5-8-15(11-14)17-12-20(23)22-21-16-9-3-4-10-19(16)24-13-18(17)21/h3-5,7-12H,2,6,13H2,1H3,(H,22,23). The first kappa shape index (κ1) is 14.8. The van der Waals surface area contributed by atoms with E-state index in [1.165, 1.54) is 5.56 Å². The van der Waals surface area contributed by atoms with Gasteiger partial charge < -0.3 is 9.72 Å². The number of benzene rings is 2. The lowest BCUT2D eigenvalue weighted by molar-refractivity contribution is 0.302. The average molecular weight is 317 g/mol. The number of rotatable bonds is 3. The van der Waals surface area contributed by atoms with Crippen molar-refractivity contribution in [2.75, 3.05) is 0 Å². The molecule has 2 heterocycles. The van der Waals surface area contributed by atoms with Crippen LogP contribution in [0.3, 0.4) is 0 Å². The van der Waals surface area contributed by atoms with E-state index in [0.29, 0.717) is 6.61 Å². The third-order valence-corrected chi connectivity index (χ3v) is 4.46. The minimum Gasteiger partial charge on any atom is -0.488 e. The van der Waals surface area contributed by atoms with E-state index >= 15 is 0 Å². The summed E-state index contributed by atoms with van der Waals surface area (Å²) in [4.78, 5) is 15.3. The summed E-state index contributed by atoms with van der Waals surface area (Å²) in [5, 5.41) is 0. The maximum atomic E-state index is 12.3. The van der Waals surface area contributed by atoms with Crippen LogP contribution in [0.25, 0.3) is 22.4 Å². The number of ether oxygens (including phenoxy) is 1. The smallest absolute Gasteiger partial charge is 0.249 e. The van der Waals surface area contributed by atoms with Crippen LogP contribution in [0.15, 0.2) is 59.4 Å². The van der Waals surface area contributed by atoms with Crippen LogP contribution < -0.4 is 10.3 Å². The fourth-order valence-electron chi connectivity index (χ4n) is 3.36. The highest BCUT2D eigenvalue weighted by Gasteiger charge is 2.21. The van der Waals surface area contributed by atoms with Gasteiger partial charge in [0.1, 0.15) is 12.4 Å². The van der Waals surface area contributed by atoms with Crippen LogP contribution in [-0.4, -0.2) is 4.98 Å². The molecule has 24 heavy (non-hydrogen) atoms. The molecule has 0 aliphatic carbocycles. The van der Waals surface area contributed by atoms with E-state index in [1.54, 1.807) is 6.07 Å². The van der Waals surface area contributed by atoms with Crippen LogP contribution in [0.4, 0.5) is 0 Å². The van der Waals surface area contributed by atoms with Crippen molar-refractivity contribution in [2.45, 2.75) is 26.4 Å². The molecule has 1 aliphatic rings. The first-order valence-electron chi connectivity index (χ1n) is 8.34. The van der Waals surface area contributed by atoms with Gasteiger partial charge in [-0.2, -0.15) is 0 Å². The lowest BCUT2D eigenvalue weighted by Gasteiger charge is -2.22. The topological polar surface area (TPSA) is 42.1 Å². The SMILES string of the molecule is CCCc1cccc(-c2cc(=O)[nH]c3c2COc2ccccc2-3)c1. The number of para-hydroxylation sites is 1. The number of H-pyrrole nitrogens is 1. The van der Waals surface area contributed by atoms with E-state index in [-0.39, 0.29) is 5.56 Å². The first-order valence-corrected chi connectivity index (χ1v) is 8.34. The van der Waals surface area contributed by atoms with E-state index in [4.69, 9.17) is 4.74 Å². The van der Waals surface area contributed by atoms with E-state index in [1.807, 2.05) is 24.3 Å². The van der Waals surface area contributed by atoms with Crippen molar-refractivity contribution in [3.05, 3.63) is 76.1 Å². The normalized spacial score (nSPS) is 12.2. The van der Waals surface area contributed by atoms with Gasteiger partial charge in [-0.25, -0.2) is 0 Å². The van der Waals surface area contributed by atoms with E-state index in [0.717, 1.165) is 46.5 Å².